The summed E-state index contributed by atoms with van der Waals surface area (Å²) in [5.74, 6) is 0.824. The van der Waals surface area contributed by atoms with Crippen molar-refractivity contribution in [3.05, 3.63) is 23.3 Å². The molecule has 4 nitrogen and oxygen atoms in total. The minimum Gasteiger partial charge on any atom is -0.496 e. The summed E-state index contributed by atoms with van der Waals surface area (Å²) in [5.41, 5.74) is 8.46. The van der Waals surface area contributed by atoms with Crippen LogP contribution < -0.4 is 15.8 Å². The summed E-state index contributed by atoms with van der Waals surface area (Å²) in [6, 6.07) is 3.73. The van der Waals surface area contributed by atoms with Crippen molar-refractivity contribution in [2.75, 3.05) is 12.4 Å². The van der Waals surface area contributed by atoms with E-state index in [0.29, 0.717) is 12.8 Å². The SMILES string of the molecule is COc1ccc(NC(=O)CCC(C)(C)N)c(C)c1C. The maximum atomic E-state index is 11.9. The number of methoxy groups -OCH3 is 1. The molecule has 0 bridgehead atoms. The van der Waals surface area contributed by atoms with E-state index < -0.39 is 0 Å². The Bertz CT molecular complexity index is 462. The zero-order valence-corrected chi connectivity index (χ0v) is 12.5. The van der Waals surface area contributed by atoms with Gasteiger partial charge in [0, 0.05) is 17.6 Å². The van der Waals surface area contributed by atoms with Crippen LogP contribution in [-0.2, 0) is 4.79 Å². The molecule has 3 N–H and O–H groups in total. The van der Waals surface area contributed by atoms with Crippen molar-refractivity contribution < 1.29 is 9.53 Å². The first-order valence-corrected chi connectivity index (χ1v) is 6.47. The Morgan fingerprint density at radius 2 is 1.95 bits per heavy atom. The normalized spacial score (nSPS) is 11.3. The lowest BCUT2D eigenvalue weighted by molar-refractivity contribution is -0.116. The van der Waals surface area contributed by atoms with Gasteiger partial charge in [-0.3, -0.25) is 4.79 Å². The summed E-state index contributed by atoms with van der Waals surface area (Å²) >= 11 is 0. The molecule has 106 valence electrons. The molecule has 0 heterocycles. The zero-order chi connectivity index (χ0) is 14.6. The van der Waals surface area contributed by atoms with Crippen LogP contribution >= 0.6 is 0 Å². The molecule has 0 saturated carbocycles. The third kappa shape index (κ3) is 4.56. The molecule has 0 aliphatic heterocycles. The number of ether oxygens (including phenoxy) is 1. The number of nitrogens with one attached hydrogen (secondary N) is 1. The van der Waals surface area contributed by atoms with Crippen molar-refractivity contribution in [3.63, 3.8) is 0 Å². The van der Waals surface area contributed by atoms with Crippen LogP contribution in [0.5, 0.6) is 5.75 Å². The van der Waals surface area contributed by atoms with Crippen LogP contribution in [0.2, 0.25) is 0 Å². The van der Waals surface area contributed by atoms with Gasteiger partial charge in [0.05, 0.1) is 7.11 Å². The van der Waals surface area contributed by atoms with Gasteiger partial charge in [-0.05, 0) is 57.4 Å². The van der Waals surface area contributed by atoms with Crippen LogP contribution in [0, 0.1) is 13.8 Å². The molecule has 0 saturated heterocycles. The zero-order valence-electron chi connectivity index (χ0n) is 12.5. The van der Waals surface area contributed by atoms with E-state index in [1.807, 2.05) is 39.8 Å². The fourth-order valence-corrected chi connectivity index (χ4v) is 1.80. The van der Waals surface area contributed by atoms with Crippen LogP contribution in [-0.4, -0.2) is 18.6 Å². The molecule has 0 atom stereocenters. The minimum atomic E-state index is -0.317. The molecule has 0 unspecified atom stereocenters. The number of hydrogen-bond donors (Lipinski definition) is 2. The molecule has 0 spiro atoms. The van der Waals surface area contributed by atoms with Crippen LogP contribution in [0.1, 0.15) is 37.8 Å². The molecule has 1 aromatic carbocycles. The van der Waals surface area contributed by atoms with E-state index in [-0.39, 0.29) is 11.4 Å². The minimum absolute atomic E-state index is 0.00816. The fourth-order valence-electron chi connectivity index (χ4n) is 1.80. The largest absolute Gasteiger partial charge is 0.496 e. The third-order valence-corrected chi connectivity index (χ3v) is 3.23. The number of carbonyl (C=O) groups is 1. The monoisotopic (exact) mass is 264 g/mol. The highest BCUT2D eigenvalue weighted by Crippen LogP contribution is 2.27. The van der Waals surface area contributed by atoms with Crippen LogP contribution in [0.4, 0.5) is 5.69 Å². The molecule has 1 rings (SSSR count). The number of nitrogens with two attached hydrogens (primary N) is 1. The van der Waals surface area contributed by atoms with Crippen LogP contribution in [0.25, 0.3) is 0 Å². The first kappa shape index (κ1) is 15.5. The lowest BCUT2D eigenvalue weighted by Crippen LogP contribution is -2.33. The second kappa shape index (κ2) is 6.06. The summed E-state index contributed by atoms with van der Waals surface area (Å²) in [7, 11) is 1.64. The third-order valence-electron chi connectivity index (χ3n) is 3.23. The van der Waals surface area contributed by atoms with Gasteiger partial charge in [-0.2, -0.15) is 0 Å². The number of hydrogen-bond acceptors (Lipinski definition) is 3. The fraction of sp³-hybridized carbons (Fsp3) is 0.533. The Morgan fingerprint density at radius 3 is 2.47 bits per heavy atom. The van der Waals surface area contributed by atoms with Gasteiger partial charge in [0.25, 0.3) is 0 Å². The lowest BCUT2D eigenvalue weighted by Gasteiger charge is -2.18. The maximum absolute atomic E-state index is 11.9. The Balaban J connectivity index is 2.73. The molecule has 0 aliphatic carbocycles. The van der Waals surface area contributed by atoms with Gasteiger partial charge < -0.3 is 15.8 Å². The second-order valence-electron chi connectivity index (χ2n) is 5.60. The molecule has 0 aliphatic rings. The van der Waals surface area contributed by atoms with E-state index in [2.05, 4.69) is 5.32 Å². The van der Waals surface area contributed by atoms with Gasteiger partial charge in [0.2, 0.25) is 5.91 Å². The van der Waals surface area contributed by atoms with Gasteiger partial charge >= 0.3 is 0 Å². The summed E-state index contributed by atoms with van der Waals surface area (Å²) in [5, 5.41) is 2.92. The first-order valence-electron chi connectivity index (χ1n) is 6.47. The van der Waals surface area contributed by atoms with Gasteiger partial charge in [-0.15, -0.1) is 0 Å². The quantitative estimate of drug-likeness (QED) is 0.859. The average molecular weight is 264 g/mol. The van der Waals surface area contributed by atoms with Crippen molar-refractivity contribution in [1.29, 1.82) is 0 Å². The van der Waals surface area contributed by atoms with E-state index in [4.69, 9.17) is 10.5 Å². The Labute approximate surface area is 115 Å². The Kier molecular flexibility index (Phi) is 4.95. The van der Waals surface area contributed by atoms with E-state index in [9.17, 15) is 4.79 Å². The van der Waals surface area contributed by atoms with Crippen molar-refractivity contribution in [1.82, 2.24) is 0 Å². The summed E-state index contributed by atoms with van der Waals surface area (Å²) < 4.78 is 5.25. The van der Waals surface area contributed by atoms with Gasteiger partial charge in [0.15, 0.2) is 0 Å². The molecule has 0 radical (unpaired) electrons. The molecule has 1 aromatic rings. The predicted molar refractivity (Wildman–Crippen MR) is 78.6 cm³/mol. The molecule has 0 aromatic heterocycles. The van der Waals surface area contributed by atoms with Crippen molar-refractivity contribution in [2.45, 2.75) is 46.1 Å². The molecular weight excluding hydrogens is 240 g/mol. The second-order valence-corrected chi connectivity index (χ2v) is 5.60. The highest BCUT2D eigenvalue weighted by molar-refractivity contribution is 5.91. The number of carbonyl (C=O) groups excluding carboxylic acids is 1. The van der Waals surface area contributed by atoms with Crippen molar-refractivity contribution >= 4 is 11.6 Å². The Morgan fingerprint density at radius 1 is 1.32 bits per heavy atom. The highest BCUT2D eigenvalue weighted by atomic mass is 16.5. The standard InChI is InChI=1S/C15H24N2O2/c1-10-11(2)13(19-5)7-6-12(10)17-14(18)8-9-15(3,4)16/h6-7H,8-9,16H2,1-5H3,(H,17,18). The van der Waals surface area contributed by atoms with Crippen LogP contribution in [0.3, 0.4) is 0 Å². The highest BCUT2D eigenvalue weighted by Gasteiger charge is 2.14. The lowest BCUT2D eigenvalue weighted by atomic mass is 10.00. The molecular formula is C15H24N2O2. The molecule has 0 fully saturated rings. The summed E-state index contributed by atoms with van der Waals surface area (Å²) in [4.78, 5) is 11.9. The molecule has 1 amide bonds. The predicted octanol–water partition coefficient (Wildman–Crippen LogP) is 2.77. The van der Waals surface area contributed by atoms with E-state index in [1.165, 1.54) is 0 Å². The maximum Gasteiger partial charge on any atom is 0.224 e. The van der Waals surface area contributed by atoms with Crippen LogP contribution in [0.15, 0.2) is 12.1 Å². The molecule has 4 heteroatoms. The van der Waals surface area contributed by atoms with Gasteiger partial charge in [0.1, 0.15) is 5.75 Å². The molecule has 19 heavy (non-hydrogen) atoms. The Hall–Kier alpha value is -1.55. The summed E-state index contributed by atoms with van der Waals surface area (Å²) in [6.07, 6.45) is 1.08. The number of amides is 1. The van der Waals surface area contributed by atoms with E-state index in [1.54, 1.807) is 7.11 Å². The smallest absolute Gasteiger partial charge is 0.224 e. The van der Waals surface area contributed by atoms with Crippen molar-refractivity contribution in [2.24, 2.45) is 5.73 Å². The van der Waals surface area contributed by atoms with E-state index >= 15 is 0 Å². The van der Waals surface area contributed by atoms with Gasteiger partial charge in [-0.25, -0.2) is 0 Å². The van der Waals surface area contributed by atoms with Crippen molar-refractivity contribution in [3.8, 4) is 5.75 Å². The number of rotatable bonds is 5. The first-order chi connectivity index (χ1) is 8.74. The van der Waals surface area contributed by atoms with E-state index in [0.717, 1.165) is 22.6 Å². The topological polar surface area (TPSA) is 64.3 Å². The number of anilines is 1. The number of benzene rings is 1. The average Bonchev–Trinajstić information content (AvgIpc) is 2.32. The summed E-state index contributed by atoms with van der Waals surface area (Å²) in [6.45, 7) is 7.79. The van der Waals surface area contributed by atoms with Gasteiger partial charge in [-0.1, -0.05) is 0 Å².